The molecule has 0 saturated heterocycles. The summed E-state index contributed by atoms with van der Waals surface area (Å²) in [7, 11) is 3.16. The number of nitrogens with zero attached hydrogens (tertiary/aromatic N) is 1. The minimum absolute atomic E-state index is 0.122. The van der Waals surface area contributed by atoms with Crippen LogP contribution in [0, 0.1) is 0 Å². The van der Waals surface area contributed by atoms with Gasteiger partial charge in [-0.05, 0) is 36.6 Å². The highest BCUT2D eigenvalue weighted by Crippen LogP contribution is 2.27. The van der Waals surface area contributed by atoms with E-state index in [-0.39, 0.29) is 12.5 Å². The summed E-state index contributed by atoms with van der Waals surface area (Å²) in [6.07, 6.45) is 0. The van der Waals surface area contributed by atoms with Crippen molar-refractivity contribution in [2.75, 3.05) is 26.1 Å². The van der Waals surface area contributed by atoms with E-state index in [0.29, 0.717) is 17.2 Å². The molecule has 3 aromatic rings. The summed E-state index contributed by atoms with van der Waals surface area (Å²) in [6.45, 7) is 1.94. The van der Waals surface area contributed by atoms with Crippen LogP contribution in [0.25, 0.3) is 10.8 Å². The van der Waals surface area contributed by atoms with E-state index in [4.69, 9.17) is 9.47 Å². The molecule has 0 bridgehead atoms. The SMILES string of the molecule is COc1ccc(/C(C)=N/NC(=O)CNc2cccc3ccccc23)cc1OC. The van der Waals surface area contributed by atoms with Gasteiger partial charge in [0.1, 0.15) is 0 Å². The van der Waals surface area contributed by atoms with E-state index in [9.17, 15) is 4.79 Å². The number of carbonyl (C=O) groups excluding carboxylic acids is 1. The van der Waals surface area contributed by atoms with E-state index < -0.39 is 0 Å². The molecule has 1 amide bonds. The average Bonchev–Trinajstić information content (AvgIpc) is 2.75. The van der Waals surface area contributed by atoms with Gasteiger partial charge in [0, 0.05) is 16.6 Å². The van der Waals surface area contributed by atoms with E-state index in [1.807, 2.05) is 61.5 Å². The van der Waals surface area contributed by atoms with Crippen LogP contribution in [0.3, 0.4) is 0 Å². The summed E-state index contributed by atoms with van der Waals surface area (Å²) in [4.78, 5) is 12.2. The quantitative estimate of drug-likeness (QED) is 0.485. The number of hydrazone groups is 1. The Balaban J connectivity index is 1.63. The monoisotopic (exact) mass is 377 g/mol. The predicted molar refractivity (Wildman–Crippen MR) is 112 cm³/mol. The smallest absolute Gasteiger partial charge is 0.259 e. The van der Waals surface area contributed by atoms with Crippen LogP contribution in [0.5, 0.6) is 11.5 Å². The molecule has 2 N–H and O–H groups in total. The van der Waals surface area contributed by atoms with E-state index in [1.54, 1.807) is 20.3 Å². The van der Waals surface area contributed by atoms with Gasteiger partial charge in [0.05, 0.1) is 26.5 Å². The van der Waals surface area contributed by atoms with Gasteiger partial charge in [0.15, 0.2) is 11.5 Å². The zero-order valence-corrected chi connectivity index (χ0v) is 16.2. The zero-order chi connectivity index (χ0) is 19.9. The number of carbonyl (C=O) groups is 1. The van der Waals surface area contributed by atoms with Crippen molar-refractivity contribution in [3.63, 3.8) is 0 Å². The van der Waals surface area contributed by atoms with Crippen molar-refractivity contribution in [1.82, 2.24) is 5.43 Å². The van der Waals surface area contributed by atoms with Crippen LogP contribution in [0.1, 0.15) is 12.5 Å². The molecular formula is C22H23N3O3. The fraction of sp³-hybridized carbons (Fsp3) is 0.182. The van der Waals surface area contributed by atoms with E-state index >= 15 is 0 Å². The predicted octanol–water partition coefficient (Wildman–Crippen LogP) is 3.81. The van der Waals surface area contributed by atoms with Gasteiger partial charge < -0.3 is 14.8 Å². The molecule has 0 fully saturated rings. The number of methoxy groups -OCH3 is 2. The molecule has 0 aliphatic rings. The third-order valence-corrected chi connectivity index (χ3v) is 4.38. The lowest BCUT2D eigenvalue weighted by Crippen LogP contribution is -2.26. The number of hydrogen-bond acceptors (Lipinski definition) is 5. The Hall–Kier alpha value is -3.54. The van der Waals surface area contributed by atoms with Gasteiger partial charge in [0.2, 0.25) is 0 Å². The third-order valence-electron chi connectivity index (χ3n) is 4.38. The van der Waals surface area contributed by atoms with E-state index in [2.05, 4.69) is 15.8 Å². The first kappa shape index (κ1) is 19.2. The second-order valence-corrected chi connectivity index (χ2v) is 6.18. The normalized spacial score (nSPS) is 11.2. The van der Waals surface area contributed by atoms with Crippen LogP contribution < -0.4 is 20.2 Å². The molecule has 0 unspecified atom stereocenters. The van der Waals surface area contributed by atoms with Crippen molar-refractivity contribution < 1.29 is 14.3 Å². The lowest BCUT2D eigenvalue weighted by molar-refractivity contribution is -0.119. The van der Waals surface area contributed by atoms with Gasteiger partial charge >= 0.3 is 0 Å². The number of amides is 1. The Kier molecular flexibility index (Phi) is 6.11. The Morgan fingerprint density at radius 1 is 0.964 bits per heavy atom. The maximum atomic E-state index is 12.2. The van der Waals surface area contributed by atoms with Gasteiger partial charge in [-0.3, -0.25) is 4.79 Å². The Labute approximate surface area is 164 Å². The molecule has 0 atom stereocenters. The third kappa shape index (κ3) is 4.40. The van der Waals surface area contributed by atoms with Gasteiger partial charge in [0.25, 0.3) is 5.91 Å². The molecule has 144 valence electrons. The van der Waals surface area contributed by atoms with Crippen LogP contribution in [0.15, 0.2) is 65.8 Å². The lowest BCUT2D eigenvalue weighted by Gasteiger charge is -2.10. The molecule has 0 radical (unpaired) electrons. The second kappa shape index (κ2) is 8.90. The molecule has 0 saturated carbocycles. The largest absolute Gasteiger partial charge is 0.493 e. The summed E-state index contributed by atoms with van der Waals surface area (Å²) in [5.74, 6) is 1.02. The standard InChI is InChI=1S/C22H23N3O3/c1-15(17-11-12-20(27-2)21(13-17)28-3)24-25-22(26)14-23-19-10-6-8-16-7-4-5-9-18(16)19/h4-13,23H,14H2,1-3H3,(H,25,26)/b24-15+. The molecule has 3 rings (SSSR count). The number of fused-ring (bicyclic) bond motifs is 1. The van der Waals surface area contributed by atoms with Gasteiger partial charge in [-0.1, -0.05) is 36.4 Å². The Morgan fingerprint density at radius 2 is 1.71 bits per heavy atom. The van der Waals surface area contributed by atoms with Crippen molar-refractivity contribution in [1.29, 1.82) is 0 Å². The van der Waals surface area contributed by atoms with Crippen molar-refractivity contribution in [2.24, 2.45) is 5.10 Å². The van der Waals surface area contributed by atoms with Crippen molar-refractivity contribution in [3.05, 3.63) is 66.2 Å². The molecule has 0 heterocycles. The molecular weight excluding hydrogens is 354 g/mol. The first-order valence-corrected chi connectivity index (χ1v) is 8.89. The topological polar surface area (TPSA) is 72.0 Å². The Bertz CT molecular complexity index is 1010. The average molecular weight is 377 g/mol. The summed E-state index contributed by atoms with van der Waals surface area (Å²) < 4.78 is 10.5. The van der Waals surface area contributed by atoms with Crippen molar-refractivity contribution in [2.45, 2.75) is 6.92 Å². The first-order chi connectivity index (χ1) is 13.6. The summed E-state index contributed by atoms with van der Waals surface area (Å²) in [5, 5.41) is 9.54. The highest BCUT2D eigenvalue weighted by molar-refractivity contribution is 6.00. The van der Waals surface area contributed by atoms with Crippen molar-refractivity contribution >= 4 is 28.1 Å². The molecule has 0 aliphatic carbocycles. The molecule has 3 aromatic carbocycles. The molecule has 0 aliphatic heterocycles. The number of nitrogens with one attached hydrogen (secondary N) is 2. The maximum Gasteiger partial charge on any atom is 0.259 e. The van der Waals surface area contributed by atoms with Crippen LogP contribution in [-0.2, 0) is 4.79 Å². The van der Waals surface area contributed by atoms with Gasteiger partial charge in [-0.2, -0.15) is 5.10 Å². The molecule has 6 heteroatoms. The van der Waals surface area contributed by atoms with Gasteiger partial charge in [-0.15, -0.1) is 0 Å². The van der Waals surface area contributed by atoms with Crippen LogP contribution >= 0.6 is 0 Å². The number of ether oxygens (including phenoxy) is 2. The fourth-order valence-corrected chi connectivity index (χ4v) is 2.87. The highest BCUT2D eigenvalue weighted by atomic mass is 16.5. The lowest BCUT2D eigenvalue weighted by atomic mass is 10.1. The number of anilines is 1. The minimum Gasteiger partial charge on any atom is -0.493 e. The Morgan fingerprint density at radius 3 is 2.50 bits per heavy atom. The number of benzene rings is 3. The molecule has 28 heavy (non-hydrogen) atoms. The highest BCUT2D eigenvalue weighted by Gasteiger charge is 2.08. The summed E-state index contributed by atoms with van der Waals surface area (Å²) in [5.41, 5.74) is 4.99. The van der Waals surface area contributed by atoms with Crippen LogP contribution in [0.4, 0.5) is 5.69 Å². The first-order valence-electron chi connectivity index (χ1n) is 8.89. The fourth-order valence-electron chi connectivity index (χ4n) is 2.87. The summed E-state index contributed by atoms with van der Waals surface area (Å²) >= 11 is 0. The van der Waals surface area contributed by atoms with Crippen LogP contribution in [0.2, 0.25) is 0 Å². The molecule has 6 nitrogen and oxygen atoms in total. The number of rotatable bonds is 7. The van der Waals surface area contributed by atoms with Crippen LogP contribution in [-0.4, -0.2) is 32.4 Å². The van der Waals surface area contributed by atoms with Gasteiger partial charge in [-0.25, -0.2) is 5.43 Å². The summed E-state index contributed by atoms with van der Waals surface area (Å²) in [6, 6.07) is 19.5. The van der Waals surface area contributed by atoms with E-state index in [1.165, 1.54) is 0 Å². The number of hydrogen-bond donors (Lipinski definition) is 2. The molecule has 0 spiro atoms. The zero-order valence-electron chi connectivity index (χ0n) is 16.2. The van der Waals surface area contributed by atoms with Crippen molar-refractivity contribution in [3.8, 4) is 11.5 Å². The van der Waals surface area contributed by atoms with E-state index in [0.717, 1.165) is 22.0 Å². The maximum absolute atomic E-state index is 12.2. The molecule has 0 aromatic heterocycles. The second-order valence-electron chi connectivity index (χ2n) is 6.18. The minimum atomic E-state index is -0.229.